The first-order valence-corrected chi connectivity index (χ1v) is 7.89. The highest BCUT2D eigenvalue weighted by Gasteiger charge is 2.41. The van der Waals surface area contributed by atoms with E-state index in [4.69, 9.17) is 9.47 Å². The van der Waals surface area contributed by atoms with E-state index in [1.54, 1.807) is 12.1 Å². The molecule has 1 amide bonds. The molecule has 3 heterocycles. The van der Waals surface area contributed by atoms with E-state index in [1.165, 1.54) is 6.07 Å². The summed E-state index contributed by atoms with van der Waals surface area (Å²) in [5.74, 6) is -0.378. The van der Waals surface area contributed by atoms with Crippen molar-refractivity contribution in [2.45, 2.75) is 37.5 Å². The first-order chi connectivity index (χ1) is 11.2. The Morgan fingerprint density at radius 1 is 1.43 bits per heavy atom. The SMILES string of the molecule is C=CCOC1CC2COCC(C1)N2C(=O)Cc1ccc(F)cn1. The van der Waals surface area contributed by atoms with E-state index in [2.05, 4.69) is 11.6 Å². The van der Waals surface area contributed by atoms with Gasteiger partial charge in [-0.25, -0.2) is 4.39 Å². The van der Waals surface area contributed by atoms with Crippen molar-refractivity contribution in [3.8, 4) is 0 Å². The predicted molar refractivity (Wildman–Crippen MR) is 82.3 cm³/mol. The Kier molecular flexibility index (Phi) is 5.03. The molecule has 0 aromatic carbocycles. The molecule has 2 saturated heterocycles. The number of morpholine rings is 1. The Morgan fingerprint density at radius 2 is 2.17 bits per heavy atom. The smallest absolute Gasteiger partial charge is 0.229 e. The van der Waals surface area contributed by atoms with Gasteiger partial charge in [-0.3, -0.25) is 9.78 Å². The lowest BCUT2D eigenvalue weighted by Crippen LogP contribution is -2.60. The number of hydrogen-bond acceptors (Lipinski definition) is 4. The maximum Gasteiger partial charge on any atom is 0.229 e. The summed E-state index contributed by atoms with van der Waals surface area (Å²) in [7, 11) is 0. The molecule has 124 valence electrons. The highest BCUT2D eigenvalue weighted by Crippen LogP contribution is 2.30. The van der Waals surface area contributed by atoms with Gasteiger partial charge in [0, 0.05) is 5.69 Å². The average molecular weight is 320 g/mol. The van der Waals surface area contributed by atoms with Gasteiger partial charge in [0.25, 0.3) is 0 Å². The number of nitrogens with zero attached hydrogens (tertiary/aromatic N) is 2. The van der Waals surface area contributed by atoms with Gasteiger partial charge >= 0.3 is 0 Å². The second kappa shape index (κ2) is 7.19. The molecule has 3 rings (SSSR count). The highest BCUT2D eigenvalue weighted by atomic mass is 19.1. The molecule has 0 N–H and O–H groups in total. The lowest BCUT2D eigenvalue weighted by molar-refractivity contribution is -0.158. The molecule has 6 heteroatoms. The number of hydrogen-bond donors (Lipinski definition) is 0. The molecule has 2 aliphatic heterocycles. The number of rotatable bonds is 5. The van der Waals surface area contributed by atoms with E-state index in [0.29, 0.717) is 25.5 Å². The second-order valence-corrected chi connectivity index (χ2v) is 6.01. The van der Waals surface area contributed by atoms with Crippen molar-refractivity contribution in [1.82, 2.24) is 9.88 Å². The molecule has 1 aromatic rings. The summed E-state index contributed by atoms with van der Waals surface area (Å²) in [4.78, 5) is 18.6. The zero-order valence-corrected chi connectivity index (χ0v) is 13.0. The van der Waals surface area contributed by atoms with Crippen LogP contribution in [0.2, 0.25) is 0 Å². The van der Waals surface area contributed by atoms with Gasteiger partial charge < -0.3 is 14.4 Å². The molecule has 23 heavy (non-hydrogen) atoms. The lowest BCUT2D eigenvalue weighted by Gasteiger charge is -2.48. The van der Waals surface area contributed by atoms with E-state index in [1.807, 2.05) is 4.90 Å². The number of ether oxygens (including phenoxy) is 2. The van der Waals surface area contributed by atoms with Crippen LogP contribution in [-0.2, 0) is 20.7 Å². The zero-order valence-electron chi connectivity index (χ0n) is 13.0. The molecule has 0 saturated carbocycles. The number of amides is 1. The fourth-order valence-electron chi connectivity index (χ4n) is 3.37. The number of piperidine rings is 1. The van der Waals surface area contributed by atoms with Gasteiger partial charge in [0.1, 0.15) is 5.82 Å². The van der Waals surface area contributed by atoms with E-state index < -0.39 is 5.82 Å². The molecule has 2 aliphatic rings. The number of halogens is 1. The van der Waals surface area contributed by atoms with E-state index >= 15 is 0 Å². The van der Waals surface area contributed by atoms with Gasteiger partial charge in [-0.05, 0) is 25.0 Å². The fraction of sp³-hybridized carbons (Fsp3) is 0.529. The highest BCUT2D eigenvalue weighted by molar-refractivity contribution is 5.79. The van der Waals surface area contributed by atoms with E-state index in [-0.39, 0.29) is 30.5 Å². The van der Waals surface area contributed by atoms with Gasteiger partial charge in [0.15, 0.2) is 0 Å². The number of carbonyl (C=O) groups is 1. The minimum Gasteiger partial charge on any atom is -0.377 e. The minimum atomic E-state index is -0.397. The Labute approximate surface area is 135 Å². The molecule has 1 aromatic heterocycles. The Morgan fingerprint density at radius 3 is 2.78 bits per heavy atom. The van der Waals surface area contributed by atoms with Crippen LogP contribution in [0.15, 0.2) is 31.0 Å². The quantitative estimate of drug-likeness (QED) is 0.775. The van der Waals surface area contributed by atoms with Crippen molar-refractivity contribution in [3.63, 3.8) is 0 Å². The molecule has 5 nitrogen and oxygen atoms in total. The van der Waals surface area contributed by atoms with Crippen LogP contribution in [0.3, 0.4) is 0 Å². The standard InChI is InChI=1S/C17H21FN2O3/c1-2-5-23-16-7-14-10-22-11-15(8-16)20(14)17(21)6-13-4-3-12(18)9-19-13/h2-4,9,14-16H,1,5-8,10-11H2. The normalized spacial score (nSPS) is 26.8. The number of pyridine rings is 1. The third kappa shape index (κ3) is 3.76. The maximum absolute atomic E-state index is 12.9. The Balaban J connectivity index is 1.66. The summed E-state index contributed by atoms with van der Waals surface area (Å²) in [5, 5.41) is 0. The Bertz CT molecular complexity index is 549. The fourth-order valence-corrected chi connectivity index (χ4v) is 3.37. The predicted octanol–water partition coefficient (Wildman–Crippen LogP) is 1.72. The third-order valence-corrected chi connectivity index (χ3v) is 4.34. The van der Waals surface area contributed by atoms with Gasteiger partial charge in [0.2, 0.25) is 5.91 Å². The largest absolute Gasteiger partial charge is 0.377 e. The first kappa shape index (κ1) is 16.1. The van der Waals surface area contributed by atoms with Crippen molar-refractivity contribution in [3.05, 3.63) is 42.5 Å². The molecule has 2 fully saturated rings. The van der Waals surface area contributed by atoms with Gasteiger partial charge in [-0.15, -0.1) is 6.58 Å². The van der Waals surface area contributed by atoms with Crippen LogP contribution in [0, 0.1) is 5.82 Å². The number of aromatic nitrogens is 1. The molecule has 2 bridgehead atoms. The van der Waals surface area contributed by atoms with Crippen LogP contribution in [0.4, 0.5) is 4.39 Å². The Hall–Kier alpha value is -1.79. The van der Waals surface area contributed by atoms with E-state index in [9.17, 15) is 9.18 Å². The molecular weight excluding hydrogens is 299 g/mol. The monoisotopic (exact) mass is 320 g/mol. The van der Waals surface area contributed by atoms with Gasteiger partial charge in [-0.1, -0.05) is 6.08 Å². The molecule has 0 aliphatic carbocycles. The molecular formula is C17H21FN2O3. The number of fused-ring (bicyclic) bond motifs is 2. The summed E-state index contributed by atoms with van der Waals surface area (Å²) in [6.07, 6.45) is 4.75. The van der Waals surface area contributed by atoms with Crippen LogP contribution < -0.4 is 0 Å². The summed E-state index contributed by atoms with van der Waals surface area (Å²) in [6.45, 7) is 5.26. The maximum atomic E-state index is 12.9. The lowest BCUT2D eigenvalue weighted by atomic mass is 9.91. The first-order valence-electron chi connectivity index (χ1n) is 7.89. The van der Waals surface area contributed by atoms with Crippen LogP contribution >= 0.6 is 0 Å². The summed E-state index contributed by atoms with van der Waals surface area (Å²) < 4.78 is 24.3. The van der Waals surface area contributed by atoms with Crippen molar-refractivity contribution < 1.29 is 18.7 Å². The van der Waals surface area contributed by atoms with Gasteiger partial charge in [0.05, 0.1) is 50.6 Å². The summed E-state index contributed by atoms with van der Waals surface area (Å²) in [6, 6.07) is 2.95. The van der Waals surface area contributed by atoms with Crippen LogP contribution in [0.5, 0.6) is 0 Å². The van der Waals surface area contributed by atoms with Crippen LogP contribution in [-0.4, -0.2) is 53.8 Å². The second-order valence-electron chi connectivity index (χ2n) is 6.01. The van der Waals surface area contributed by atoms with Gasteiger partial charge in [-0.2, -0.15) is 0 Å². The molecule has 0 radical (unpaired) electrons. The zero-order chi connectivity index (χ0) is 16.2. The van der Waals surface area contributed by atoms with E-state index in [0.717, 1.165) is 19.0 Å². The van der Waals surface area contributed by atoms with Crippen LogP contribution in [0.1, 0.15) is 18.5 Å². The van der Waals surface area contributed by atoms with Crippen molar-refractivity contribution in [2.24, 2.45) is 0 Å². The summed E-state index contributed by atoms with van der Waals surface area (Å²) in [5.41, 5.74) is 0.584. The summed E-state index contributed by atoms with van der Waals surface area (Å²) >= 11 is 0. The van der Waals surface area contributed by atoms with Crippen LogP contribution in [0.25, 0.3) is 0 Å². The molecule has 2 unspecified atom stereocenters. The van der Waals surface area contributed by atoms with Crippen molar-refractivity contribution in [2.75, 3.05) is 19.8 Å². The molecule has 2 atom stereocenters. The minimum absolute atomic E-state index is 0.0181. The van der Waals surface area contributed by atoms with Crippen molar-refractivity contribution >= 4 is 5.91 Å². The average Bonchev–Trinajstić information content (AvgIpc) is 2.54. The molecule has 0 spiro atoms. The van der Waals surface area contributed by atoms with Crippen molar-refractivity contribution in [1.29, 1.82) is 0 Å². The third-order valence-electron chi connectivity index (χ3n) is 4.34. The topological polar surface area (TPSA) is 51.7 Å². The number of carbonyl (C=O) groups excluding carboxylic acids is 1.